The first kappa shape index (κ1) is 21.4. The molecule has 1 aromatic carbocycles. The summed E-state index contributed by atoms with van der Waals surface area (Å²) in [6.45, 7) is 7.21. The topological polar surface area (TPSA) is 91.6 Å². The normalized spacial score (nSPS) is 24.2. The molecule has 1 unspecified atom stereocenters. The van der Waals surface area contributed by atoms with E-state index in [-0.39, 0.29) is 18.0 Å². The van der Waals surface area contributed by atoms with Gasteiger partial charge in [0.05, 0.1) is 11.0 Å². The largest absolute Gasteiger partial charge is 0.329 e. The van der Waals surface area contributed by atoms with Crippen LogP contribution >= 0.6 is 0 Å². The molecule has 32 heavy (non-hydrogen) atoms. The van der Waals surface area contributed by atoms with Crippen molar-refractivity contribution in [2.24, 2.45) is 7.05 Å². The molecule has 3 aliphatic rings. The van der Waals surface area contributed by atoms with Gasteiger partial charge < -0.3 is 5.32 Å². The fourth-order valence-corrected chi connectivity index (χ4v) is 5.58. The highest BCUT2D eigenvalue weighted by molar-refractivity contribution is 6.00. The van der Waals surface area contributed by atoms with Gasteiger partial charge >= 0.3 is 5.69 Å². The number of carbonyl (C=O) groups is 2. The van der Waals surface area contributed by atoms with Gasteiger partial charge in [-0.3, -0.25) is 33.8 Å². The van der Waals surface area contributed by atoms with Crippen molar-refractivity contribution in [3.63, 3.8) is 0 Å². The molecule has 3 saturated heterocycles. The average molecular weight is 441 g/mol. The molecule has 0 bridgehead atoms. The van der Waals surface area contributed by atoms with Gasteiger partial charge in [0.25, 0.3) is 0 Å². The number of piperidine rings is 2. The molecule has 1 aromatic heterocycles. The molecule has 1 atom stereocenters. The molecule has 0 aliphatic carbocycles. The van der Waals surface area contributed by atoms with Crippen LogP contribution in [0.5, 0.6) is 0 Å². The zero-order valence-electron chi connectivity index (χ0n) is 18.7. The number of nitrogens with one attached hydrogen (secondary N) is 2. The van der Waals surface area contributed by atoms with E-state index in [0.29, 0.717) is 12.5 Å². The summed E-state index contributed by atoms with van der Waals surface area (Å²) in [5.74, 6) is -0.667. The lowest BCUT2D eigenvalue weighted by Crippen LogP contribution is -2.52. The number of carbonyl (C=O) groups excluding carboxylic acids is 2. The van der Waals surface area contributed by atoms with Gasteiger partial charge in [-0.1, -0.05) is 12.1 Å². The molecule has 2 amide bonds. The fraction of sp³-hybridized carbons (Fsp3) is 0.609. The second-order valence-electron chi connectivity index (χ2n) is 9.26. The van der Waals surface area contributed by atoms with E-state index in [1.807, 2.05) is 12.1 Å². The lowest BCUT2D eigenvalue weighted by Gasteiger charge is -2.41. The summed E-state index contributed by atoms with van der Waals surface area (Å²) in [4.78, 5) is 42.2. The smallest absolute Gasteiger partial charge is 0.317 e. The van der Waals surface area contributed by atoms with Crippen molar-refractivity contribution in [2.75, 3.05) is 39.3 Å². The third kappa shape index (κ3) is 3.89. The maximum atomic E-state index is 13.1. The highest BCUT2D eigenvalue weighted by Crippen LogP contribution is 2.26. The average Bonchev–Trinajstić information content (AvgIpc) is 3.06. The number of para-hydroxylation sites is 1. The number of hydrogen-bond donors (Lipinski definition) is 2. The minimum Gasteiger partial charge on any atom is -0.317 e. The fourth-order valence-electron chi connectivity index (χ4n) is 5.58. The van der Waals surface area contributed by atoms with Crippen molar-refractivity contribution in [1.29, 1.82) is 0 Å². The van der Waals surface area contributed by atoms with Gasteiger partial charge in [-0.15, -0.1) is 0 Å². The molecule has 172 valence electrons. The minimum atomic E-state index is -0.646. The molecule has 4 heterocycles. The van der Waals surface area contributed by atoms with E-state index in [1.54, 1.807) is 16.2 Å². The Morgan fingerprint density at radius 2 is 1.75 bits per heavy atom. The standard InChI is InChI=1S/C23H32N6O3/c1-26-21-16(15-27-11-13-28(14-12-27)17-7-9-24-10-8-17)3-2-4-18(21)29(23(26)32)19-5-6-20(30)25-22(19)31/h2-4,17,19,24H,5-15H2,1H3,(H,25,30,31). The van der Waals surface area contributed by atoms with Gasteiger partial charge in [-0.2, -0.15) is 0 Å². The van der Waals surface area contributed by atoms with Crippen molar-refractivity contribution in [2.45, 2.75) is 44.3 Å². The van der Waals surface area contributed by atoms with Crippen LogP contribution in [0, 0.1) is 0 Å². The number of amides is 2. The number of piperazine rings is 1. The van der Waals surface area contributed by atoms with Gasteiger partial charge in [0.1, 0.15) is 6.04 Å². The first-order valence-electron chi connectivity index (χ1n) is 11.7. The van der Waals surface area contributed by atoms with Crippen LogP contribution < -0.4 is 16.3 Å². The first-order chi connectivity index (χ1) is 15.5. The zero-order valence-corrected chi connectivity index (χ0v) is 18.7. The second-order valence-corrected chi connectivity index (χ2v) is 9.26. The van der Waals surface area contributed by atoms with Crippen LogP contribution in [0.15, 0.2) is 23.0 Å². The van der Waals surface area contributed by atoms with Crippen LogP contribution in [0.1, 0.15) is 37.3 Å². The predicted octanol–water partition coefficient (Wildman–Crippen LogP) is 0.187. The second kappa shape index (κ2) is 8.80. The number of aromatic nitrogens is 2. The number of rotatable bonds is 4. The number of imidazole rings is 1. The lowest BCUT2D eigenvalue weighted by molar-refractivity contribution is -0.135. The number of fused-ring (bicyclic) bond motifs is 1. The quantitative estimate of drug-likeness (QED) is 0.660. The zero-order chi connectivity index (χ0) is 22.2. The summed E-state index contributed by atoms with van der Waals surface area (Å²) in [7, 11) is 1.77. The van der Waals surface area contributed by atoms with Crippen LogP contribution in [-0.2, 0) is 23.2 Å². The molecule has 2 N–H and O–H groups in total. The summed E-state index contributed by atoms with van der Waals surface area (Å²) in [5, 5.41) is 5.82. The summed E-state index contributed by atoms with van der Waals surface area (Å²) < 4.78 is 3.22. The Labute approximate surface area is 187 Å². The molecule has 3 aliphatic heterocycles. The van der Waals surface area contributed by atoms with Crippen LogP contribution in [0.25, 0.3) is 11.0 Å². The molecular formula is C23H32N6O3. The Hall–Kier alpha value is -2.49. The monoisotopic (exact) mass is 440 g/mol. The van der Waals surface area contributed by atoms with Crippen molar-refractivity contribution in [3.05, 3.63) is 34.2 Å². The number of imide groups is 1. The van der Waals surface area contributed by atoms with Crippen LogP contribution in [0.2, 0.25) is 0 Å². The lowest BCUT2D eigenvalue weighted by atomic mass is 10.0. The van der Waals surface area contributed by atoms with E-state index < -0.39 is 11.9 Å². The summed E-state index contributed by atoms with van der Waals surface area (Å²) in [6, 6.07) is 6.00. The van der Waals surface area contributed by atoms with E-state index in [1.165, 1.54) is 12.8 Å². The Bertz CT molecular complexity index is 1080. The molecule has 2 aromatic rings. The molecule has 5 rings (SSSR count). The molecular weight excluding hydrogens is 408 g/mol. The van der Waals surface area contributed by atoms with E-state index >= 15 is 0 Å². The summed E-state index contributed by atoms with van der Waals surface area (Å²) >= 11 is 0. The molecule has 0 radical (unpaired) electrons. The Balaban J connectivity index is 1.36. The maximum absolute atomic E-state index is 13.1. The highest BCUT2D eigenvalue weighted by atomic mass is 16.2. The van der Waals surface area contributed by atoms with E-state index in [9.17, 15) is 14.4 Å². The van der Waals surface area contributed by atoms with Crippen molar-refractivity contribution >= 4 is 22.8 Å². The van der Waals surface area contributed by atoms with Gasteiger partial charge in [0.2, 0.25) is 11.8 Å². The Kier molecular flexibility index (Phi) is 5.88. The van der Waals surface area contributed by atoms with Gasteiger partial charge in [-0.05, 0) is 44.0 Å². The van der Waals surface area contributed by atoms with Crippen molar-refractivity contribution < 1.29 is 9.59 Å². The van der Waals surface area contributed by atoms with Crippen molar-refractivity contribution in [3.8, 4) is 0 Å². The van der Waals surface area contributed by atoms with E-state index in [0.717, 1.165) is 62.4 Å². The number of nitrogens with zero attached hydrogens (tertiary/aromatic N) is 4. The maximum Gasteiger partial charge on any atom is 0.329 e. The summed E-state index contributed by atoms with van der Waals surface area (Å²) in [6.07, 6.45) is 3.07. The third-order valence-electron chi connectivity index (χ3n) is 7.33. The van der Waals surface area contributed by atoms with Gasteiger partial charge in [0, 0.05) is 52.2 Å². The summed E-state index contributed by atoms with van der Waals surface area (Å²) in [5.41, 5.74) is 2.53. The molecule has 0 saturated carbocycles. The highest BCUT2D eigenvalue weighted by Gasteiger charge is 2.32. The Morgan fingerprint density at radius 1 is 1.00 bits per heavy atom. The Morgan fingerprint density at radius 3 is 2.47 bits per heavy atom. The van der Waals surface area contributed by atoms with Gasteiger partial charge in [0.15, 0.2) is 0 Å². The minimum absolute atomic E-state index is 0.210. The molecule has 9 nitrogen and oxygen atoms in total. The van der Waals surface area contributed by atoms with Gasteiger partial charge in [-0.25, -0.2) is 4.79 Å². The van der Waals surface area contributed by atoms with Crippen molar-refractivity contribution in [1.82, 2.24) is 29.6 Å². The number of benzene rings is 1. The first-order valence-corrected chi connectivity index (χ1v) is 11.7. The van der Waals surface area contributed by atoms with Crippen LogP contribution in [0.3, 0.4) is 0 Å². The third-order valence-corrected chi connectivity index (χ3v) is 7.33. The van der Waals surface area contributed by atoms with Crippen LogP contribution in [-0.4, -0.2) is 76.1 Å². The number of aryl methyl sites for hydroxylation is 1. The SMILES string of the molecule is Cn1c(=O)n(C2CCC(=O)NC2=O)c2cccc(CN3CCN(C4CCNCC4)CC3)c21. The molecule has 9 heteroatoms. The number of hydrogen-bond acceptors (Lipinski definition) is 6. The predicted molar refractivity (Wildman–Crippen MR) is 121 cm³/mol. The van der Waals surface area contributed by atoms with Crippen LogP contribution in [0.4, 0.5) is 0 Å². The van der Waals surface area contributed by atoms with E-state index in [4.69, 9.17) is 0 Å². The molecule has 0 spiro atoms. The van der Waals surface area contributed by atoms with E-state index in [2.05, 4.69) is 26.5 Å². The molecule has 3 fully saturated rings.